The van der Waals surface area contributed by atoms with Gasteiger partial charge in [0.15, 0.2) is 5.65 Å². The third-order valence-corrected chi connectivity index (χ3v) is 5.52. The van der Waals surface area contributed by atoms with Crippen molar-refractivity contribution < 1.29 is 4.79 Å². The molecule has 0 atom stereocenters. The molecule has 5 aromatic rings. The number of aromatic amines is 1. The van der Waals surface area contributed by atoms with E-state index in [2.05, 4.69) is 51.2 Å². The number of nitrogens with zero attached hydrogens (tertiary/aromatic N) is 5. The van der Waals surface area contributed by atoms with Crippen LogP contribution in [0.2, 0.25) is 0 Å². The van der Waals surface area contributed by atoms with Crippen LogP contribution in [0.5, 0.6) is 0 Å². The summed E-state index contributed by atoms with van der Waals surface area (Å²) in [6, 6.07) is 13.6. The van der Waals surface area contributed by atoms with Crippen LogP contribution in [0, 0.1) is 0 Å². The molecule has 0 aliphatic carbocycles. The molecule has 4 aromatic heterocycles. The zero-order valence-corrected chi connectivity index (χ0v) is 18.8. The van der Waals surface area contributed by atoms with E-state index in [0.29, 0.717) is 24.2 Å². The highest BCUT2D eigenvalue weighted by Gasteiger charge is 2.24. The molecule has 0 unspecified atom stereocenters. The van der Waals surface area contributed by atoms with Gasteiger partial charge in [0.05, 0.1) is 16.6 Å². The van der Waals surface area contributed by atoms with Gasteiger partial charge in [0.2, 0.25) is 0 Å². The maximum atomic E-state index is 13.2. The van der Waals surface area contributed by atoms with Gasteiger partial charge in [-0.2, -0.15) is 0 Å². The second-order valence-corrected chi connectivity index (χ2v) is 9.05. The molecule has 0 saturated heterocycles. The molecule has 0 radical (unpaired) electrons. The lowest BCUT2D eigenvalue weighted by Crippen LogP contribution is -2.27. The van der Waals surface area contributed by atoms with Gasteiger partial charge in [-0.15, -0.1) is 10.2 Å². The number of nitrogens with one attached hydrogen (secondary N) is 2. The number of H-pyrrole nitrogens is 1. The number of para-hydroxylation sites is 2. The first kappa shape index (κ1) is 20.8. The van der Waals surface area contributed by atoms with Gasteiger partial charge in [0, 0.05) is 37.0 Å². The van der Waals surface area contributed by atoms with Gasteiger partial charge in [-0.25, -0.2) is 4.98 Å². The van der Waals surface area contributed by atoms with E-state index in [0.717, 1.165) is 33.8 Å². The van der Waals surface area contributed by atoms with Crippen LogP contribution in [0.25, 0.3) is 27.8 Å². The zero-order chi connectivity index (χ0) is 23.0. The number of fused-ring (bicyclic) bond motifs is 2. The fourth-order valence-corrected chi connectivity index (χ4v) is 3.89. The number of carbonyl (C=O) groups excluding carboxylic acids is 1. The maximum absolute atomic E-state index is 13.2. The number of pyridine rings is 2. The molecule has 33 heavy (non-hydrogen) atoms. The van der Waals surface area contributed by atoms with Crippen molar-refractivity contribution in [3.63, 3.8) is 0 Å². The standard InChI is InChI=1S/C25H25N7O/c1-25(2,3)24-31-30-22-18(14-17(15-32(22)24)16-8-11-26-12-9-16)23(33)27-13-10-21-28-19-6-4-5-7-20(19)29-21/h4-9,11-12,14-15H,10,13H2,1-3H3,(H,27,33)(H,28,29). The van der Waals surface area contributed by atoms with Gasteiger partial charge < -0.3 is 10.3 Å². The highest BCUT2D eigenvalue weighted by atomic mass is 16.1. The van der Waals surface area contributed by atoms with Crippen LogP contribution in [0.3, 0.4) is 0 Å². The van der Waals surface area contributed by atoms with Crippen LogP contribution < -0.4 is 5.32 Å². The van der Waals surface area contributed by atoms with Crippen LogP contribution >= 0.6 is 0 Å². The van der Waals surface area contributed by atoms with Crippen molar-refractivity contribution in [2.24, 2.45) is 0 Å². The van der Waals surface area contributed by atoms with Gasteiger partial charge >= 0.3 is 0 Å². The molecule has 1 amide bonds. The summed E-state index contributed by atoms with van der Waals surface area (Å²) in [6.45, 7) is 6.69. The first-order chi connectivity index (χ1) is 15.9. The highest BCUT2D eigenvalue weighted by Crippen LogP contribution is 2.27. The van der Waals surface area contributed by atoms with Gasteiger partial charge in [0.1, 0.15) is 11.6 Å². The third kappa shape index (κ3) is 4.07. The van der Waals surface area contributed by atoms with E-state index < -0.39 is 0 Å². The van der Waals surface area contributed by atoms with Crippen molar-refractivity contribution in [3.05, 3.63) is 78.3 Å². The van der Waals surface area contributed by atoms with Crippen molar-refractivity contribution in [2.75, 3.05) is 6.54 Å². The average Bonchev–Trinajstić information content (AvgIpc) is 3.42. The normalized spacial score (nSPS) is 11.8. The number of hydrogen-bond acceptors (Lipinski definition) is 5. The van der Waals surface area contributed by atoms with E-state index in [4.69, 9.17) is 0 Å². The predicted octanol–water partition coefficient (Wildman–Crippen LogP) is 3.94. The summed E-state index contributed by atoms with van der Waals surface area (Å²) in [5, 5.41) is 11.8. The molecule has 0 bridgehead atoms. The minimum atomic E-state index is -0.231. The summed E-state index contributed by atoms with van der Waals surface area (Å²) in [5.74, 6) is 1.44. The smallest absolute Gasteiger partial charge is 0.255 e. The van der Waals surface area contributed by atoms with E-state index in [1.54, 1.807) is 12.4 Å². The van der Waals surface area contributed by atoms with Crippen LogP contribution in [-0.4, -0.2) is 42.0 Å². The van der Waals surface area contributed by atoms with E-state index >= 15 is 0 Å². The van der Waals surface area contributed by atoms with Gasteiger partial charge in [-0.3, -0.25) is 14.2 Å². The molecule has 0 spiro atoms. The van der Waals surface area contributed by atoms with Crippen LogP contribution in [-0.2, 0) is 11.8 Å². The Morgan fingerprint density at radius 1 is 1.06 bits per heavy atom. The number of carbonyl (C=O) groups is 1. The van der Waals surface area contributed by atoms with Gasteiger partial charge in [-0.05, 0) is 41.5 Å². The summed E-state index contributed by atoms with van der Waals surface area (Å²) in [4.78, 5) is 25.2. The lowest BCUT2D eigenvalue weighted by molar-refractivity contribution is 0.0955. The molecule has 0 aliphatic rings. The Morgan fingerprint density at radius 2 is 1.85 bits per heavy atom. The Kier molecular flexibility index (Phi) is 5.12. The van der Waals surface area contributed by atoms with Gasteiger partial charge in [-0.1, -0.05) is 32.9 Å². The lowest BCUT2D eigenvalue weighted by Gasteiger charge is -2.17. The monoisotopic (exact) mass is 439 g/mol. The molecule has 2 N–H and O–H groups in total. The summed E-state index contributed by atoms with van der Waals surface area (Å²) in [6.07, 6.45) is 6.06. The summed E-state index contributed by atoms with van der Waals surface area (Å²) in [7, 11) is 0. The zero-order valence-electron chi connectivity index (χ0n) is 18.8. The summed E-state index contributed by atoms with van der Waals surface area (Å²) < 4.78 is 1.92. The Balaban J connectivity index is 1.45. The van der Waals surface area contributed by atoms with Crippen molar-refractivity contribution in [1.82, 2.24) is 34.9 Å². The first-order valence-electron chi connectivity index (χ1n) is 10.9. The molecule has 0 fully saturated rings. The molecule has 8 heteroatoms. The predicted molar refractivity (Wildman–Crippen MR) is 127 cm³/mol. The van der Waals surface area contributed by atoms with Crippen molar-refractivity contribution in [3.8, 4) is 11.1 Å². The molecule has 5 rings (SSSR count). The molecular weight excluding hydrogens is 414 g/mol. The lowest BCUT2D eigenvalue weighted by atomic mass is 9.95. The van der Waals surface area contributed by atoms with Crippen LogP contribution in [0.4, 0.5) is 0 Å². The van der Waals surface area contributed by atoms with Gasteiger partial charge in [0.25, 0.3) is 5.91 Å². The van der Waals surface area contributed by atoms with E-state index in [9.17, 15) is 4.79 Å². The minimum absolute atomic E-state index is 0.195. The number of rotatable bonds is 5. The third-order valence-electron chi connectivity index (χ3n) is 5.52. The topological polar surface area (TPSA) is 101 Å². The Morgan fingerprint density at radius 3 is 2.61 bits per heavy atom. The average molecular weight is 440 g/mol. The van der Waals surface area contributed by atoms with E-state index in [-0.39, 0.29) is 11.3 Å². The Bertz CT molecular complexity index is 1410. The Labute approximate surface area is 191 Å². The Hall–Kier alpha value is -4.07. The number of imidazole rings is 1. The van der Waals surface area contributed by atoms with E-state index in [1.807, 2.05) is 53.1 Å². The summed E-state index contributed by atoms with van der Waals surface area (Å²) in [5.41, 5.74) is 4.57. The number of benzene rings is 1. The van der Waals surface area contributed by atoms with Crippen molar-refractivity contribution >= 4 is 22.6 Å². The maximum Gasteiger partial charge on any atom is 0.255 e. The van der Waals surface area contributed by atoms with Crippen LogP contribution in [0.1, 0.15) is 42.8 Å². The minimum Gasteiger partial charge on any atom is -0.351 e. The first-order valence-corrected chi connectivity index (χ1v) is 10.9. The largest absolute Gasteiger partial charge is 0.351 e. The molecular formula is C25H25N7O. The van der Waals surface area contributed by atoms with Crippen molar-refractivity contribution in [1.29, 1.82) is 0 Å². The fourth-order valence-electron chi connectivity index (χ4n) is 3.89. The summed E-state index contributed by atoms with van der Waals surface area (Å²) >= 11 is 0. The second-order valence-electron chi connectivity index (χ2n) is 9.05. The van der Waals surface area contributed by atoms with E-state index in [1.165, 1.54) is 0 Å². The van der Waals surface area contributed by atoms with Crippen LogP contribution in [0.15, 0.2) is 61.1 Å². The SMILES string of the molecule is CC(C)(C)c1nnc2c(C(=O)NCCc3nc4ccccc4[nH]3)cc(-c3ccncc3)cn12. The quantitative estimate of drug-likeness (QED) is 0.432. The molecule has 1 aromatic carbocycles. The number of amides is 1. The highest BCUT2D eigenvalue weighted by molar-refractivity contribution is 6.01. The molecule has 166 valence electrons. The number of hydrogen-bond donors (Lipinski definition) is 2. The number of aromatic nitrogens is 6. The molecule has 8 nitrogen and oxygen atoms in total. The molecule has 0 saturated carbocycles. The molecule has 0 aliphatic heterocycles. The fraction of sp³-hybridized carbons (Fsp3) is 0.240. The molecule has 4 heterocycles. The van der Waals surface area contributed by atoms with Crippen molar-refractivity contribution in [2.45, 2.75) is 32.6 Å². The second kappa shape index (κ2) is 8.12.